The molecule has 356 valence electrons. The molecule has 9 rings (SSSR count). The van der Waals surface area contributed by atoms with E-state index in [4.69, 9.17) is 4.99 Å². The van der Waals surface area contributed by atoms with Gasteiger partial charge in [0.05, 0.1) is 52.1 Å². The second-order valence-electron chi connectivity index (χ2n) is 19.0. The molecule has 2 aliphatic heterocycles. The summed E-state index contributed by atoms with van der Waals surface area (Å²) in [6.07, 6.45) is 0.649. The van der Waals surface area contributed by atoms with Crippen molar-refractivity contribution in [2.75, 3.05) is 6.54 Å². The number of aliphatic imine (C=N–C) groups is 1. The number of aliphatic carboxylic acids is 1. The largest absolute Gasteiger partial charge is 0.481 e. The molecule has 1 fully saturated rings. The van der Waals surface area contributed by atoms with Gasteiger partial charge in [-0.05, 0) is 80.0 Å². The van der Waals surface area contributed by atoms with Gasteiger partial charge in [0.25, 0.3) is 0 Å². The molecule has 0 bridgehead atoms. The van der Waals surface area contributed by atoms with Gasteiger partial charge in [-0.15, -0.1) is 32.9 Å². The summed E-state index contributed by atoms with van der Waals surface area (Å²) in [7, 11) is 0. The molecule has 2 unspecified atom stereocenters. The molecule has 0 radical (unpaired) electrons. The van der Waals surface area contributed by atoms with E-state index < -0.39 is 47.4 Å². The summed E-state index contributed by atoms with van der Waals surface area (Å²) >= 11 is 3.18. The third-order valence-corrected chi connectivity index (χ3v) is 15.3. The number of hydrogen-bond donors (Lipinski definition) is 4. The van der Waals surface area contributed by atoms with Crippen LogP contribution in [0.5, 0.6) is 0 Å². The zero-order valence-corrected chi connectivity index (χ0v) is 41.3. The summed E-state index contributed by atoms with van der Waals surface area (Å²) in [5.74, 6) is -1.06. The van der Waals surface area contributed by atoms with Gasteiger partial charge < -0.3 is 25.7 Å². The quantitative estimate of drug-likeness (QED) is 0.0951. The fourth-order valence-electron chi connectivity index (χ4n) is 9.26. The topological polar surface area (TPSA) is 210 Å². The highest BCUT2D eigenvalue weighted by molar-refractivity contribution is 7.15. The normalized spacial score (nSPS) is 17.7. The minimum atomic E-state index is -1.00. The number of carbonyl (C=O) groups excluding carboxylic acids is 3. The predicted octanol–water partition coefficient (Wildman–Crippen LogP) is 7.44. The number of nitrogens with zero attached hydrogens (tertiary/aromatic N) is 8. The minimum absolute atomic E-state index is 0.0350. The molecule has 0 spiro atoms. The highest BCUT2D eigenvalue weighted by Gasteiger charge is 2.45. The van der Waals surface area contributed by atoms with Gasteiger partial charge in [-0.3, -0.25) is 33.4 Å². The van der Waals surface area contributed by atoms with E-state index in [9.17, 15) is 29.4 Å². The third kappa shape index (κ3) is 9.23. The smallest absolute Gasteiger partial charge is 0.306 e. The maximum atomic E-state index is 14.4. The number of thiophene rings is 1. The highest BCUT2D eigenvalue weighted by Crippen LogP contribution is 2.40. The number of rotatable bonds is 12. The van der Waals surface area contributed by atoms with Crippen molar-refractivity contribution in [3.8, 4) is 26.6 Å². The SMILES string of the molecule is Cc1ncsc1-c1ccc(C(C)NC(=O)[C@@H]2C[C@@H](O)CN2C(=O)C(NC(=O)Cn2ncc3cc(-c4ccc(C5=N[C@@H](CC(=O)O)c6nnc(C)n6-c6sc(C)c(C)c65)cc4)ccc32)C(C)(C)C)cc1. The lowest BCUT2D eigenvalue weighted by Crippen LogP contribution is -2.58. The van der Waals surface area contributed by atoms with Crippen molar-refractivity contribution >= 4 is 63.0 Å². The Balaban J connectivity index is 0.884. The van der Waals surface area contributed by atoms with Crippen molar-refractivity contribution in [3.63, 3.8) is 0 Å². The molecule has 0 saturated carbocycles. The number of amides is 3. The number of benzene rings is 3. The Labute approximate surface area is 407 Å². The predicted molar refractivity (Wildman–Crippen MR) is 266 cm³/mol. The second kappa shape index (κ2) is 18.5. The number of hydrogen-bond acceptors (Lipinski definition) is 12. The Morgan fingerprint density at radius 1 is 0.899 bits per heavy atom. The fraction of sp³-hybridized carbons (Fsp3) is 0.353. The van der Waals surface area contributed by atoms with E-state index in [0.29, 0.717) is 17.4 Å². The average molecular weight is 967 g/mol. The van der Waals surface area contributed by atoms with Crippen molar-refractivity contribution in [1.29, 1.82) is 0 Å². The summed E-state index contributed by atoms with van der Waals surface area (Å²) in [6, 6.07) is 18.8. The molecular weight excluding hydrogens is 913 g/mol. The van der Waals surface area contributed by atoms with E-state index in [1.165, 1.54) is 4.90 Å². The van der Waals surface area contributed by atoms with Gasteiger partial charge in [0.15, 0.2) is 5.82 Å². The lowest BCUT2D eigenvalue weighted by atomic mass is 9.85. The number of aromatic nitrogens is 6. The molecule has 2 aliphatic rings. The summed E-state index contributed by atoms with van der Waals surface area (Å²) in [5.41, 5.74) is 10.1. The summed E-state index contributed by atoms with van der Waals surface area (Å²) in [6.45, 7) is 15.2. The monoisotopic (exact) mass is 966 g/mol. The molecule has 3 amide bonds. The van der Waals surface area contributed by atoms with Gasteiger partial charge in [-0.1, -0.05) is 75.4 Å². The van der Waals surface area contributed by atoms with Crippen LogP contribution in [0.4, 0.5) is 0 Å². The van der Waals surface area contributed by atoms with E-state index in [1.807, 2.05) is 118 Å². The number of carbonyl (C=O) groups is 4. The van der Waals surface area contributed by atoms with Gasteiger partial charge in [-0.2, -0.15) is 5.10 Å². The summed E-state index contributed by atoms with van der Waals surface area (Å²) in [5, 5.41) is 41.5. The van der Waals surface area contributed by atoms with Gasteiger partial charge in [-0.25, -0.2) is 4.98 Å². The Bertz CT molecular complexity index is 3160. The number of aryl methyl sites for hydroxylation is 3. The first-order valence-electron chi connectivity index (χ1n) is 22.8. The molecule has 18 heteroatoms. The number of thiazole rings is 1. The van der Waals surface area contributed by atoms with Crippen LogP contribution in [-0.4, -0.2) is 98.8 Å². The standard InChI is InChI=1S/C51H54N10O6S2/c1-26-29(4)69-50-43(26)44(55-38(21-42(64)65)47-58-57-30(5)61(47)50)33-13-11-32(12-14-33)35-17-18-39-36(19-35)22-53-60(39)24-41(63)56-46(51(6,7)8)49(67)59-23-37(62)20-40(59)48(66)54-27(2)31-9-15-34(16-10-31)45-28(3)52-25-68-45/h9-19,22,25,27,37-38,40,46,62H,20-21,23-24H2,1-8H3,(H,54,66)(H,56,63)(H,64,65)/t27?,37-,38+,40+,46?/m1/s1. The number of carboxylic acids is 1. The van der Waals surface area contributed by atoms with Crippen molar-refractivity contribution in [2.24, 2.45) is 10.4 Å². The molecule has 6 heterocycles. The van der Waals surface area contributed by atoms with E-state index in [2.05, 4.69) is 44.8 Å². The van der Waals surface area contributed by atoms with Crippen molar-refractivity contribution in [2.45, 2.75) is 105 Å². The first kappa shape index (κ1) is 47.2. The van der Waals surface area contributed by atoms with E-state index >= 15 is 0 Å². The third-order valence-electron chi connectivity index (χ3n) is 13.1. The lowest BCUT2D eigenvalue weighted by Gasteiger charge is -2.35. The van der Waals surface area contributed by atoms with Crippen molar-refractivity contribution < 1.29 is 29.4 Å². The number of aliphatic hydroxyl groups is 1. The first-order valence-corrected chi connectivity index (χ1v) is 24.5. The highest BCUT2D eigenvalue weighted by atomic mass is 32.1. The lowest BCUT2D eigenvalue weighted by molar-refractivity contribution is -0.144. The van der Waals surface area contributed by atoms with Crippen LogP contribution in [0.15, 0.2) is 83.4 Å². The Kier molecular flexibility index (Phi) is 12.7. The molecule has 69 heavy (non-hydrogen) atoms. The van der Waals surface area contributed by atoms with Crippen molar-refractivity contribution in [3.05, 3.63) is 123 Å². The van der Waals surface area contributed by atoms with Crippen LogP contribution < -0.4 is 10.6 Å². The maximum Gasteiger partial charge on any atom is 0.306 e. The number of β-amino-alcohol motifs (C(OH)–C–C–N with tert-alkyl or cyclic N) is 1. The van der Waals surface area contributed by atoms with Crippen LogP contribution in [0.3, 0.4) is 0 Å². The summed E-state index contributed by atoms with van der Waals surface area (Å²) < 4.78 is 3.53. The van der Waals surface area contributed by atoms with Crippen LogP contribution in [0, 0.1) is 33.1 Å². The Hall–Kier alpha value is -6.89. The Morgan fingerprint density at radius 2 is 1.59 bits per heavy atom. The number of nitrogens with one attached hydrogen (secondary N) is 2. The fourth-order valence-corrected chi connectivity index (χ4v) is 11.3. The summed E-state index contributed by atoms with van der Waals surface area (Å²) in [4.78, 5) is 67.0. The molecule has 1 saturated heterocycles. The van der Waals surface area contributed by atoms with E-state index in [-0.39, 0.29) is 37.9 Å². The molecular formula is C51H54N10O6S2. The zero-order valence-electron chi connectivity index (χ0n) is 39.6. The van der Waals surface area contributed by atoms with Gasteiger partial charge >= 0.3 is 5.97 Å². The van der Waals surface area contributed by atoms with Crippen LogP contribution in [0.1, 0.15) is 97.1 Å². The average Bonchev–Trinajstić information content (AvgIpc) is 4.14. The molecule has 4 aromatic heterocycles. The van der Waals surface area contributed by atoms with Gasteiger partial charge in [0.2, 0.25) is 17.7 Å². The van der Waals surface area contributed by atoms with Crippen LogP contribution in [-0.2, 0) is 25.7 Å². The number of likely N-dealkylation sites (tertiary alicyclic amines) is 1. The van der Waals surface area contributed by atoms with Crippen LogP contribution >= 0.6 is 22.7 Å². The Morgan fingerprint density at radius 3 is 2.28 bits per heavy atom. The maximum absolute atomic E-state index is 14.4. The van der Waals surface area contributed by atoms with Crippen LogP contribution in [0.25, 0.3) is 37.5 Å². The minimum Gasteiger partial charge on any atom is -0.481 e. The van der Waals surface area contributed by atoms with Crippen molar-refractivity contribution in [1.82, 2.24) is 45.1 Å². The molecule has 4 N–H and O–H groups in total. The first-order chi connectivity index (χ1) is 32.9. The molecule has 3 aromatic carbocycles. The second-order valence-corrected chi connectivity index (χ2v) is 21.1. The molecule has 16 nitrogen and oxygen atoms in total. The van der Waals surface area contributed by atoms with Crippen LogP contribution in [0.2, 0.25) is 0 Å². The molecule has 5 atom stereocenters. The zero-order chi connectivity index (χ0) is 49.1. The van der Waals surface area contributed by atoms with E-state index in [0.717, 1.165) is 70.3 Å². The number of fused-ring (bicyclic) bond motifs is 4. The number of aliphatic hydroxyl groups excluding tert-OH is 1. The number of carboxylic acid groups (broad SMARTS) is 1. The van der Waals surface area contributed by atoms with Gasteiger partial charge in [0.1, 0.15) is 35.5 Å². The molecule has 7 aromatic rings. The van der Waals surface area contributed by atoms with E-state index in [1.54, 1.807) is 33.6 Å². The van der Waals surface area contributed by atoms with Gasteiger partial charge in [0, 0.05) is 34.4 Å². The molecule has 0 aliphatic carbocycles.